The Bertz CT molecular complexity index is 429. The number of nitrogens with zero attached hydrogens (tertiary/aromatic N) is 1. The number of hydrogen-bond acceptors (Lipinski definition) is 3. The fraction of sp³-hybridized carbons (Fsp3) is 0.200. The lowest BCUT2D eigenvalue weighted by Gasteiger charge is -2.13. The van der Waals surface area contributed by atoms with Crippen molar-refractivity contribution in [2.75, 3.05) is 25.1 Å². The Morgan fingerprint density at radius 2 is 2.00 bits per heavy atom. The summed E-state index contributed by atoms with van der Waals surface area (Å²) in [5.41, 5.74) is 6.30. The van der Waals surface area contributed by atoms with Gasteiger partial charge in [-0.3, -0.25) is 0 Å². The zero-order valence-electron chi connectivity index (χ0n) is 9.02. The van der Waals surface area contributed by atoms with Gasteiger partial charge in [0.1, 0.15) is 0 Å². The van der Waals surface area contributed by atoms with Gasteiger partial charge >= 0.3 is 12.0 Å². The third-order valence-electron chi connectivity index (χ3n) is 1.95. The Hall–Kier alpha value is -2.24. The molecule has 0 aliphatic rings. The minimum absolute atomic E-state index is 0.0837. The van der Waals surface area contributed by atoms with Crippen LogP contribution >= 0.6 is 0 Å². The Balaban J connectivity index is 2.91. The Labute approximate surface area is 92.7 Å². The van der Waals surface area contributed by atoms with Gasteiger partial charge < -0.3 is 21.1 Å². The van der Waals surface area contributed by atoms with E-state index in [1.54, 1.807) is 14.1 Å². The van der Waals surface area contributed by atoms with Crippen LogP contribution in [0, 0.1) is 0 Å². The van der Waals surface area contributed by atoms with Crippen LogP contribution in [-0.4, -0.2) is 36.1 Å². The number of aromatic carboxylic acids is 1. The van der Waals surface area contributed by atoms with Gasteiger partial charge in [-0.2, -0.15) is 0 Å². The molecule has 0 fully saturated rings. The largest absolute Gasteiger partial charge is 0.478 e. The van der Waals surface area contributed by atoms with E-state index in [1.165, 1.54) is 23.1 Å². The van der Waals surface area contributed by atoms with Crippen LogP contribution in [-0.2, 0) is 0 Å². The average Bonchev–Trinajstić information content (AvgIpc) is 2.20. The summed E-state index contributed by atoms with van der Waals surface area (Å²) in [6.45, 7) is 0. The number of carbonyl (C=O) groups is 2. The van der Waals surface area contributed by atoms with E-state index in [0.29, 0.717) is 5.69 Å². The maximum absolute atomic E-state index is 11.3. The summed E-state index contributed by atoms with van der Waals surface area (Å²) in [5, 5.41) is 11.3. The second-order valence-electron chi connectivity index (χ2n) is 3.43. The van der Waals surface area contributed by atoms with Crippen molar-refractivity contribution in [3.63, 3.8) is 0 Å². The molecule has 0 aliphatic carbocycles. The lowest BCUT2D eigenvalue weighted by Crippen LogP contribution is -2.27. The summed E-state index contributed by atoms with van der Waals surface area (Å²) in [7, 11) is 3.19. The van der Waals surface area contributed by atoms with E-state index in [2.05, 4.69) is 5.32 Å². The molecule has 1 rings (SSSR count). The van der Waals surface area contributed by atoms with Gasteiger partial charge in [0.25, 0.3) is 0 Å². The third-order valence-corrected chi connectivity index (χ3v) is 1.95. The summed E-state index contributed by atoms with van der Waals surface area (Å²) in [5.74, 6) is -1.06. The minimum atomic E-state index is -1.06. The fourth-order valence-corrected chi connectivity index (χ4v) is 1.04. The summed E-state index contributed by atoms with van der Waals surface area (Å²) in [4.78, 5) is 23.3. The minimum Gasteiger partial charge on any atom is -0.478 e. The molecule has 0 saturated carbocycles. The first kappa shape index (κ1) is 11.8. The molecule has 16 heavy (non-hydrogen) atoms. The molecule has 0 atom stereocenters. The molecule has 0 bridgehead atoms. The summed E-state index contributed by atoms with van der Waals surface area (Å²) < 4.78 is 0. The molecule has 0 unspecified atom stereocenters. The molecule has 0 aliphatic heterocycles. The van der Waals surface area contributed by atoms with E-state index in [1.807, 2.05) is 0 Å². The fourth-order valence-electron chi connectivity index (χ4n) is 1.04. The zero-order valence-corrected chi connectivity index (χ0v) is 9.02. The number of carboxylic acids is 1. The number of nitrogen functional groups attached to an aromatic ring is 1. The highest BCUT2D eigenvalue weighted by molar-refractivity contribution is 5.95. The zero-order chi connectivity index (χ0) is 12.3. The molecule has 1 aromatic rings. The molecule has 86 valence electrons. The predicted molar refractivity (Wildman–Crippen MR) is 60.5 cm³/mol. The number of nitrogens with two attached hydrogens (primary N) is 1. The van der Waals surface area contributed by atoms with Crippen molar-refractivity contribution < 1.29 is 14.7 Å². The number of amides is 2. The Morgan fingerprint density at radius 1 is 1.38 bits per heavy atom. The topological polar surface area (TPSA) is 95.7 Å². The average molecular weight is 223 g/mol. The quantitative estimate of drug-likeness (QED) is 0.653. The molecule has 4 N–H and O–H groups in total. The van der Waals surface area contributed by atoms with Gasteiger partial charge in [-0.05, 0) is 18.2 Å². The van der Waals surface area contributed by atoms with Crippen LogP contribution in [0.2, 0.25) is 0 Å². The standard InChI is InChI=1S/C10H13N3O3/c1-13(2)10(16)12-8-4-3-6(9(14)15)5-7(8)11/h3-5H,11H2,1-2H3,(H,12,16)(H,14,15). The second-order valence-corrected chi connectivity index (χ2v) is 3.43. The summed E-state index contributed by atoms with van der Waals surface area (Å²) >= 11 is 0. The number of carboxylic acid groups (broad SMARTS) is 1. The van der Waals surface area contributed by atoms with Crippen molar-refractivity contribution in [2.45, 2.75) is 0 Å². The maximum atomic E-state index is 11.3. The molecule has 6 heteroatoms. The molecule has 1 aromatic carbocycles. The van der Waals surface area contributed by atoms with Gasteiger partial charge in [0.2, 0.25) is 0 Å². The smallest absolute Gasteiger partial charge is 0.335 e. The monoisotopic (exact) mass is 223 g/mol. The van der Waals surface area contributed by atoms with E-state index >= 15 is 0 Å². The van der Waals surface area contributed by atoms with Crippen molar-refractivity contribution in [1.29, 1.82) is 0 Å². The maximum Gasteiger partial charge on any atom is 0.335 e. The van der Waals surface area contributed by atoms with Crippen LogP contribution in [0.1, 0.15) is 10.4 Å². The number of rotatable bonds is 2. The lowest BCUT2D eigenvalue weighted by molar-refractivity contribution is 0.0697. The van der Waals surface area contributed by atoms with Gasteiger partial charge in [0.05, 0.1) is 16.9 Å². The van der Waals surface area contributed by atoms with E-state index in [0.717, 1.165) is 0 Å². The summed E-state index contributed by atoms with van der Waals surface area (Å²) in [6, 6.07) is 3.81. The molecule has 0 heterocycles. The highest BCUT2D eigenvalue weighted by atomic mass is 16.4. The third kappa shape index (κ3) is 2.63. The predicted octanol–water partition coefficient (Wildman–Crippen LogP) is 1.06. The van der Waals surface area contributed by atoms with E-state index in [9.17, 15) is 9.59 Å². The molecular weight excluding hydrogens is 210 g/mol. The number of urea groups is 1. The highest BCUT2D eigenvalue weighted by Gasteiger charge is 2.09. The number of hydrogen-bond donors (Lipinski definition) is 3. The van der Waals surface area contributed by atoms with Gasteiger partial charge in [-0.15, -0.1) is 0 Å². The highest BCUT2D eigenvalue weighted by Crippen LogP contribution is 2.20. The van der Waals surface area contributed by atoms with Crippen molar-refractivity contribution in [3.8, 4) is 0 Å². The Morgan fingerprint density at radius 3 is 2.44 bits per heavy atom. The molecule has 0 radical (unpaired) electrons. The van der Waals surface area contributed by atoms with Crippen LogP contribution in [0.4, 0.5) is 16.2 Å². The van der Waals surface area contributed by atoms with Gasteiger partial charge in [0, 0.05) is 14.1 Å². The van der Waals surface area contributed by atoms with Crippen molar-refractivity contribution in [2.24, 2.45) is 0 Å². The molecular formula is C10H13N3O3. The van der Waals surface area contributed by atoms with Gasteiger partial charge in [-0.25, -0.2) is 9.59 Å². The van der Waals surface area contributed by atoms with Crippen molar-refractivity contribution >= 4 is 23.4 Å². The SMILES string of the molecule is CN(C)C(=O)Nc1ccc(C(=O)O)cc1N. The van der Waals surface area contributed by atoms with Crippen LogP contribution in [0.5, 0.6) is 0 Å². The summed E-state index contributed by atoms with van der Waals surface area (Å²) in [6.07, 6.45) is 0. The second kappa shape index (κ2) is 4.52. The van der Waals surface area contributed by atoms with Crippen LogP contribution in [0.3, 0.4) is 0 Å². The number of nitrogens with one attached hydrogen (secondary N) is 1. The first-order chi connectivity index (χ1) is 7.41. The van der Waals surface area contributed by atoms with Gasteiger partial charge in [-0.1, -0.05) is 0 Å². The number of anilines is 2. The molecule has 0 saturated heterocycles. The van der Waals surface area contributed by atoms with E-state index in [4.69, 9.17) is 10.8 Å². The Kier molecular flexibility index (Phi) is 3.34. The van der Waals surface area contributed by atoms with Crippen LogP contribution in [0.15, 0.2) is 18.2 Å². The van der Waals surface area contributed by atoms with Gasteiger partial charge in [0.15, 0.2) is 0 Å². The van der Waals surface area contributed by atoms with Crippen LogP contribution in [0.25, 0.3) is 0 Å². The number of benzene rings is 1. The molecule has 0 spiro atoms. The van der Waals surface area contributed by atoms with Crippen molar-refractivity contribution in [1.82, 2.24) is 4.90 Å². The lowest BCUT2D eigenvalue weighted by atomic mass is 10.2. The number of carbonyl (C=O) groups excluding carboxylic acids is 1. The normalized spacial score (nSPS) is 9.62. The molecule has 0 aromatic heterocycles. The van der Waals surface area contributed by atoms with Crippen LogP contribution < -0.4 is 11.1 Å². The molecule has 6 nitrogen and oxygen atoms in total. The first-order valence-corrected chi connectivity index (χ1v) is 4.53. The van der Waals surface area contributed by atoms with E-state index < -0.39 is 5.97 Å². The first-order valence-electron chi connectivity index (χ1n) is 4.53. The molecule has 2 amide bonds. The van der Waals surface area contributed by atoms with E-state index in [-0.39, 0.29) is 17.3 Å². The van der Waals surface area contributed by atoms with Crippen molar-refractivity contribution in [3.05, 3.63) is 23.8 Å².